The minimum atomic E-state index is 0.434. The zero-order chi connectivity index (χ0) is 17.9. The summed E-state index contributed by atoms with van der Waals surface area (Å²) in [4.78, 5) is 7.21. The number of aromatic nitrogens is 4. The van der Waals surface area contributed by atoms with E-state index in [9.17, 15) is 0 Å². The van der Waals surface area contributed by atoms with Gasteiger partial charge in [-0.2, -0.15) is 0 Å². The number of nitrogens with zero attached hydrogens (tertiary/aromatic N) is 5. The fourth-order valence-electron chi connectivity index (χ4n) is 3.56. The van der Waals surface area contributed by atoms with E-state index < -0.39 is 0 Å². The van der Waals surface area contributed by atoms with Gasteiger partial charge in [0, 0.05) is 31.6 Å². The SMILES string of the molecule is CNCc1cn(C2CCN(Cc3ccc4cccc(Cl)c4n3)CC2)nn1. The van der Waals surface area contributed by atoms with Crippen LogP contribution in [0.4, 0.5) is 0 Å². The summed E-state index contributed by atoms with van der Waals surface area (Å²) in [6, 6.07) is 10.5. The quantitative estimate of drug-likeness (QED) is 0.748. The largest absolute Gasteiger partial charge is 0.314 e. The van der Waals surface area contributed by atoms with Crippen molar-refractivity contribution in [1.82, 2.24) is 30.2 Å². The highest BCUT2D eigenvalue weighted by molar-refractivity contribution is 6.35. The van der Waals surface area contributed by atoms with Gasteiger partial charge in [-0.3, -0.25) is 4.90 Å². The predicted molar refractivity (Wildman–Crippen MR) is 103 cm³/mol. The molecule has 3 aromatic rings. The maximum Gasteiger partial charge on any atom is 0.0964 e. The molecule has 0 aliphatic carbocycles. The van der Waals surface area contributed by atoms with E-state index >= 15 is 0 Å². The molecule has 3 heterocycles. The molecule has 0 unspecified atom stereocenters. The van der Waals surface area contributed by atoms with E-state index in [1.165, 1.54) is 0 Å². The minimum Gasteiger partial charge on any atom is -0.314 e. The molecule has 7 heteroatoms. The second kappa shape index (κ2) is 7.70. The molecule has 0 saturated carbocycles. The summed E-state index contributed by atoms with van der Waals surface area (Å²) >= 11 is 6.29. The first kappa shape index (κ1) is 17.4. The molecule has 1 N–H and O–H groups in total. The normalized spacial score (nSPS) is 16.4. The minimum absolute atomic E-state index is 0.434. The molecule has 0 amide bonds. The molecule has 0 spiro atoms. The average molecular weight is 371 g/mol. The Balaban J connectivity index is 1.38. The highest BCUT2D eigenvalue weighted by Gasteiger charge is 2.22. The Bertz CT molecular complexity index is 885. The van der Waals surface area contributed by atoms with Gasteiger partial charge in [0.05, 0.1) is 34.2 Å². The predicted octanol–water partition coefficient (Wildman–Crippen LogP) is 3.04. The van der Waals surface area contributed by atoms with E-state index in [2.05, 4.69) is 38.9 Å². The van der Waals surface area contributed by atoms with Crippen LogP contribution in [-0.2, 0) is 13.1 Å². The molecule has 0 atom stereocenters. The zero-order valence-electron chi connectivity index (χ0n) is 14.9. The summed E-state index contributed by atoms with van der Waals surface area (Å²) in [5.74, 6) is 0. The Kier molecular flexibility index (Phi) is 5.15. The van der Waals surface area contributed by atoms with Gasteiger partial charge in [0.1, 0.15) is 0 Å². The summed E-state index contributed by atoms with van der Waals surface area (Å²) in [7, 11) is 1.92. The van der Waals surface area contributed by atoms with E-state index in [1.807, 2.05) is 29.9 Å². The molecular formula is C19H23ClN6. The second-order valence-electron chi connectivity index (χ2n) is 6.84. The topological polar surface area (TPSA) is 58.9 Å². The standard InChI is InChI=1S/C19H23ClN6/c1-21-11-16-13-26(24-23-16)17-7-9-25(10-8-17)12-15-6-5-14-3-2-4-18(20)19(14)22-15/h2-6,13,17,21H,7-12H2,1H3. The number of halogens is 1. The maximum absolute atomic E-state index is 6.29. The summed E-state index contributed by atoms with van der Waals surface area (Å²) in [5, 5.41) is 13.4. The molecule has 1 fully saturated rings. The third-order valence-electron chi connectivity index (χ3n) is 4.96. The van der Waals surface area contributed by atoms with Crippen LogP contribution in [-0.4, -0.2) is 45.0 Å². The van der Waals surface area contributed by atoms with Crippen molar-refractivity contribution in [3.8, 4) is 0 Å². The van der Waals surface area contributed by atoms with Gasteiger partial charge in [0.15, 0.2) is 0 Å². The van der Waals surface area contributed by atoms with Crippen molar-refractivity contribution in [1.29, 1.82) is 0 Å². The maximum atomic E-state index is 6.29. The molecule has 1 aromatic carbocycles. The Hall–Kier alpha value is -2.02. The lowest BCUT2D eigenvalue weighted by molar-refractivity contribution is 0.170. The molecule has 0 radical (unpaired) electrons. The van der Waals surface area contributed by atoms with Gasteiger partial charge >= 0.3 is 0 Å². The Labute approximate surface area is 158 Å². The third-order valence-corrected chi connectivity index (χ3v) is 5.27. The Morgan fingerprint density at radius 2 is 2.00 bits per heavy atom. The number of pyridine rings is 1. The first-order valence-corrected chi connectivity index (χ1v) is 9.42. The number of nitrogens with one attached hydrogen (secondary N) is 1. The number of rotatable bonds is 5. The van der Waals surface area contributed by atoms with Crippen LogP contribution in [0.2, 0.25) is 5.02 Å². The summed E-state index contributed by atoms with van der Waals surface area (Å²) in [6.07, 6.45) is 4.22. The molecule has 4 rings (SSSR count). The van der Waals surface area contributed by atoms with Gasteiger partial charge in [-0.15, -0.1) is 5.10 Å². The highest BCUT2D eigenvalue weighted by Crippen LogP contribution is 2.25. The van der Waals surface area contributed by atoms with Crippen molar-refractivity contribution in [2.24, 2.45) is 0 Å². The molecule has 1 aliphatic rings. The Morgan fingerprint density at radius 3 is 2.81 bits per heavy atom. The monoisotopic (exact) mass is 370 g/mol. The molecular weight excluding hydrogens is 348 g/mol. The van der Waals surface area contributed by atoms with Crippen molar-refractivity contribution in [3.05, 3.63) is 52.9 Å². The fourth-order valence-corrected chi connectivity index (χ4v) is 3.79. The van der Waals surface area contributed by atoms with Crippen LogP contribution in [0.3, 0.4) is 0 Å². The number of fused-ring (bicyclic) bond motifs is 1. The molecule has 136 valence electrons. The van der Waals surface area contributed by atoms with Crippen molar-refractivity contribution < 1.29 is 0 Å². The Morgan fingerprint density at radius 1 is 1.15 bits per heavy atom. The van der Waals surface area contributed by atoms with Gasteiger partial charge in [-0.1, -0.05) is 35.0 Å². The summed E-state index contributed by atoms with van der Waals surface area (Å²) in [5.41, 5.74) is 2.95. The number of benzene rings is 1. The van der Waals surface area contributed by atoms with Crippen molar-refractivity contribution in [2.45, 2.75) is 32.0 Å². The zero-order valence-corrected chi connectivity index (χ0v) is 15.7. The van der Waals surface area contributed by atoms with E-state index in [-0.39, 0.29) is 0 Å². The number of hydrogen-bond donors (Lipinski definition) is 1. The van der Waals surface area contributed by atoms with Crippen molar-refractivity contribution >= 4 is 22.5 Å². The molecule has 26 heavy (non-hydrogen) atoms. The lowest BCUT2D eigenvalue weighted by Crippen LogP contribution is -2.34. The lowest BCUT2D eigenvalue weighted by atomic mass is 10.0. The molecule has 2 aromatic heterocycles. The van der Waals surface area contributed by atoms with Gasteiger partial charge < -0.3 is 5.32 Å². The lowest BCUT2D eigenvalue weighted by Gasteiger charge is -2.31. The van der Waals surface area contributed by atoms with Crippen LogP contribution in [0, 0.1) is 0 Å². The highest BCUT2D eigenvalue weighted by atomic mass is 35.5. The van der Waals surface area contributed by atoms with E-state index in [0.29, 0.717) is 11.1 Å². The first-order valence-electron chi connectivity index (χ1n) is 9.05. The number of likely N-dealkylation sites (tertiary alicyclic amines) is 1. The average Bonchev–Trinajstić information content (AvgIpc) is 3.12. The molecule has 6 nitrogen and oxygen atoms in total. The van der Waals surface area contributed by atoms with Crippen molar-refractivity contribution in [3.63, 3.8) is 0 Å². The van der Waals surface area contributed by atoms with E-state index in [1.54, 1.807) is 0 Å². The van der Waals surface area contributed by atoms with Gasteiger partial charge in [-0.05, 0) is 32.0 Å². The number of hydrogen-bond acceptors (Lipinski definition) is 5. The molecule has 1 saturated heterocycles. The molecule has 0 bridgehead atoms. The van der Waals surface area contributed by atoms with Gasteiger partial charge in [0.25, 0.3) is 0 Å². The van der Waals surface area contributed by atoms with Gasteiger partial charge in [-0.25, -0.2) is 9.67 Å². The van der Waals surface area contributed by atoms with Gasteiger partial charge in [0.2, 0.25) is 0 Å². The first-order chi connectivity index (χ1) is 12.7. The van der Waals surface area contributed by atoms with Crippen LogP contribution in [0.1, 0.15) is 30.3 Å². The smallest absolute Gasteiger partial charge is 0.0964 e. The summed E-state index contributed by atoms with van der Waals surface area (Å²) < 4.78 is 2.03. The van der Waals surface area contributed by atoms with E-state index in [0.717, 1.165) is 61.3 Å². The molecule has 1 aliphatic heterocycles. The number of piperidine rings is 1. The van der Waals surface area contributed by atoms with Crippen LogP contribution >= 0.6 is 11.6 Å². The van der Waals surface area contributed by atoms with Crippen LogP contribution in [0.5, 0.6) is 0 Å². The fraction of sp³-hybridized carbons (Fsp3) is 0.421. The summed E-state index contributed by atoms with van der Waals surface area (Å²) in [6.45, 7) is 3.69. The third kappa shape index (κ3) is 3.72. The van der Waals surface area contributed by atoms with Crippen LogP contribution in [0.25, 0.3) is 10.9 Å². The number of para-hydroxylation sites is 1. The van der Waals surface area contributed by atoms with Crippen molar-refractivity contribution in [2.75, 3.05) is 20.1 Å². The van der Waals surface area contributed by atoms with Crippen LogP contribution in [0.15, 0.2) is 36.5 Å². The second-order valence-corrected chi connectivity index (χ2v) is 7.25. The van der Waals surface area contributed by atoms with Crippen LogP contribution < -0.4 is 5.32 Å². The van der Waals surface area contributed by atoms with E-state index in [4.69, 9.17) is 16.6 Å².